The summed E-state index contributed by atoms with van der Waals surface area (Å²) in [5, 5.41) is 2.52. The number of rotatable bonds is 5. The smallest absolute Gasteiger partial charge is 0.410 e. The van der Waals surface area contributed by atoms with E-state index >= 15 is 0 Å². The highest BCUT2D eigenvalue weighted by Gasteiger charge is 2.47. The van der Waals surface area contributed by atoms with Crippen molar-refractivity contribution >= 4 is 28.4 Å². The standard InChI is InChI=1S/C36H46N6O3/c1-35(2,3)45-34(43)42-26-13-14-27(42)22-40(21-26)32-29-15-20-39(31-12-6-10-25-9-4-5-11-28(25)31)23-30(29)37-33(38-32)44-24-36-16-7-18-41(36)19-8-17-36/h4-6,9-12,26-27H,7-8,13-24H2,1-3H3/t26-,27-/m0/s1. The molecule has 8 rings (SSSR count). The van der Waals surface area contributed by atoms with Crippen LogP contribution in [0, 0.1) is 0 Å². The second kappa shape index (κ2) is 11.0. The zero-order chi connectivity index (χ0) is 30.8. The van der Waals surface area contributed by atoms with Gasteiger partial charge in [0.1, 0.15) is 18.0 Å². The molecule has 2 bridgehead atoms. The SMILES string of the molecule is CC(C)(C)OC(=O)N1[C@H]2CC[C@H]1CN(c1nc(OCC34CCCN3CCC4)nc3c1CCN(c1cccc4ccccc14)C3)C2. The van der Waals surface area contributed by atoms with Gasteiger partial charge in [-0.15, -0.1) is 0 Å². The van der Waals surface area contributed by atoms with E-state index in [9.17, 15) is 4.79 Å². The summed E-state index contributed by atoms with van der Waals surface area (Å²) in [6.07, 6.45) is 7.52. The van der Waals surface area contributed by atoms with Crippen LogP contribution in [0.4, 0.5) is 16.3 Å². The number of carbonyl (C=O) groups is 1. The van der Waals surface area contributed by atoms with Crippen LogP contribution in [0.25, 0.3) is 10.8 Å². The van der Waals surface area contributed by atoms with Crippen molar-refractivity contribution in [3.8, 4) is 6.01 Å². The average Bonchev–Trinajstić information content (AvgIpc) is 3.69. The van der Waals surface area contributed by atoms with Gasteiger partial charge in [-0.05, 0) is 90.3 Å². The molecule has 9 heteroatoms. The number of amides is 1. The summed E-state index contributed by atoms with van der Waals surface area (Å²) < 4.78 is 12.4. The maximum absolute atomic E-state index is 13.2. The molecule has 5 aliphatic heterocycles. The van der Waals surface area contributed by atoms with Crippen molar-refractivity contribution < 1.29 is 14.3 Å². The number of aromatic nitrogens is 2. The van der Waals surface area contributed by atoms with Gasteiger partial charge in [0, 0.05) is 36.3 Å². The van der Waals surface area contributed by atoms with Crippen LogP contribution in [0.15, 0.2) is 42.5 Å². The topological polar surface area (TPSA) is 74.3 Å². The van der Waals surface area contributed by atoms with Crippen LogP contribution in [0.2, 0.25) is 0 Å². The molecule has 0 N–H and O–H groups in total. The minimum atomic E-state index is -0.505. The van der Waals surface area contributed by atoms with E-state index in [0.717, 1.165) is 57.0 Å². The molecule has 1 aromatic heterocycles. The van der Waals surface area contributed by atoms with Crippen LogP contribution >= 0.6 is 0 Å². The number of ether oxygens (including phenoxy) is 2. The molecule has 0 saturated carbocycles. The van der Waals surface area contributed by atoms with Gasteiger partial charge in [-0.25, -0.2) is 4.79 Å². The van der Waals surface area contributed by atoms with Gasteiger partial charge in [0.05, 0.1) is 29.9 Å². The van der Waals surface area contributed by atoms with Crippen molar-refractivity contribution in [2.24, 2.45) is 0 Å². The Morgan fingerprint density at radius 1 is 0.933 bits per heavy atom. The highest BCUT2D eigenvalue weighted by Crippen LogP contribution is 2.41. The number of piperazine rings is 1. The fourth-order valence-corrected chi connectivity index (χ4v) is 8.75. The summed E-state index contributed by atoms with van der Waals surface area (Å²) >= 11 is 0. The molecule has 0 spiro atoms. The number of nitrogens with zero attached hydrogens (tertiary/aromatic N) is 6. The van der Waals surface area contributed by atoms with E-state index in [4.69, 9.17) is 19.4 Å². The van der Waals surface area contributed by atoms with Crippen LogP contribution in [0.5, 0.6) is 6.01 Å². The van der Waals surface area contributed by atoms with E-state index in [1.165, 1.54) is 60.8 Å². The monoisotopic (exact) mass is 610 g/mol. The Morgan fingerprint density at radius 3 is 2.42 bits per heavy atom. The molecule has 4 fully saturated rings. The highest BCUT2D eigenvalue weighted by molar-refractivity contribution is 5.94. The lowest BCUT2D eigenvalue weighted by Gasteiger charge is -2.43. The third kappa shape index (κ3) is 5.27. The molecule has 4 saturated heterocycles. The Hall–Kier alpha value is -3.59. The van der Waals surface area contributed by atoms with Crippen molar-refractivity contribution in [2.75, 3.05) is 49.1 Å². The quantitative estimate of drug-likeness (QED) is 0.360. The maximum Gasteiger partial charge on any atom is 0.410 e. The molecule has 0 aliphatic carbocycles. The zero-order valence-electron chi connectivity index (χ0n) is 27.0. The summed E-state index contributed by atoms with van der Waals surface area (Å²) in [6, 6.07) is 15.9. The van der Waals surface area contributed by atoms with Gasteiger partial charge in [0.15, 0.2) is 0 Å². The molecular formula is C36H46N6O3. The molecule has 2 atom stereocenters. The Balaban J connectivity index is 1.11. The number of hydrogen-bond donors (Lipinski definition) is 0. The first-order valence-corrected chi connectivity index (χ1v) is 17.0. The maximum atomic E-state index is 13.2. The first-order chi connectivity index (χ1) is 21.8. The lowest BCUT2D eigenvalue weighted by atomic mass is 9.95. The normalized spacial score (nSPS) is 24.2. The number of hydrogen-bond acceptors (Lipinski definition) is 8. The van der Waals surface area contributed by atoms with E-state index in [1.54, 1.807) is 0 Å². The molecule has 0 unspecified atom stereocenters. The van der Waals surface area contributed by atoms with Crippen LogP contribution in [0.1, 0.15) is 70.6 Å². The molecule has 9 nitrogen and oxygen atoms in total. The van der Waals surface area contributed by atoms with Crippen molar-refractivity contribution in [1.29, 1.82) is 0 Å². The van der Waals surface area contributed by atoms with Gasteiger partial charge in [0.25, 0.3) is 0 Å². The predicted octanol–water partition coefficient (Wildman–Crippen LogP) is 5.79. The molecule has 238 valence electrons. The summed E-state index contributed by atoms with van der Waals surface area (Å²) in [7, 11) is 0. The van der Waals surface area contributed by atoms with Crippen molar-refractivity contribution in [3.05, 3.63) is 53.7 Å². The zero-order valence-corrected chi connectivity index (χ0v) is 27.0. The Bertz CT molecular complexity index is 1570. The lowest BCUT2D eigenvalue weighted by molar-refractivity contribution is 0.0122. The molecule has 3 aromatic rings. The predicted molar refractivity (Wildman–Crippen MR) is 176 cm³/mol. The van der Waals surface area contributed by atoms with Crippen LogP contribution < -0.4 is 14.5 Å². The summed E-state index contributed by atoms with van der Waals surface area (Å²) in [4.78, 5) is 33.0. The largest absolute Gasteiger partial charge is 0.461 e. The van der Waals surface area contributed by atoms with Gasteiger partial charge in [0.2, 0.25) is 0 Å². The van der Waals surface area contributed by atoms with Gasteiger partial charge >= 0.3 is 12.1 Å². The summed E-state index contributed by atoms with van der Waals surface area (Å²) in [5.74, 6) is 1.00. The van der Waals surface area contributed by atoms with Crippen LogP contribution in [-0.2, 0) is 17.7 Å². The molecule has 5 aliphatic rings. The Labute approximate surface area is 266 Å². The van der Waals surface area contributed by atoms with E-state index < -0.39 is 5.60 Å². The average molecular weight is 611 g/mol. The number of anilines is 2. The molecule has 0 radical (unpaired) electrons. The van der Waals surface area contributed by atoms with Gasteiger partial charge in [-0.1, -0.05) is 36.4 Å². The van der Waals surface area contributed by atoms with Crippen LogP contribution in [0.3, 0.4) is 0 Å². The van der Waals surface area contributed by atoms with Crippen molar-refractivity contribution in [2.45, 2.75) is 95.5 Å². The van der Waals surface area contributed by atoms with Crippen LogP contribution in [-0.4, -0.2) is 88.4 Å². The van der Waals surface area contributed by atoms with E-state index in [1.807, 2.05) is 25.7 Å². The van der Waals surface area contributed by atoms with E-state index in [0.29, 0.717) is 12.6 Å². The first-order valence-electron chi connectivity index (χ1n) is 17.0. The minimum absolute atomic E-state index is 0.119. The van der Waals surface area contributed by atoms with Gasteiger partial charge in [-0.2, -0.15) is 9.97 Å². The second-order valence-electron chi connectivity index (χ2n) is 14.8. The molecule has 45 heavy (non-hydrogen) atoms. The van der Waals surface area contributed by atoms with Crippen molar-refractivity contribution in [1.82, 2.24) is 19.8 Å². The molecule has 6 heterocycles. The number of carbonyl (C=O) groups excluding carboxylic acids is 1. The van der Waals surface area contributed by atoms with E-state index in [-0.39, 0.29) is 23.7 Å². The Morgan fingerprint density at radius 2 is 1.67 bits per heavy atom. The number of fused-ring (bicyclic) bond motifs is 5. The van der Waals surface area contributed by atoms with Gasteiger partial charge in [-0.3, -0.25) is 9.80 Å². The highest BCUT2D eigenvalue weighted by atomic mass is 16.6. The summed E-state index contributed by atoms with van der Waals surface area (Å²) in [5.41, 5.74) is 3.16. The third-order valence-corrected chi connectivity index (χ3v) is 10.8. The Kier molecular flexibility index (Phi) is 7.08. The number of benzene rings is 2. The second-order valence-corrected chi connectivity index (χ2v) is 14.8. The summed E-state index contributed by atoms with van der Waals surface area (Å²) in [6.45, 7) is 11.9. The third-order valence-electron chi connectivity index (χ3n) is 10.8. The fraction of sp³-hybridized carbons (Fsp3) is 0.583. The van der Waals surface area contributed by atoms with E-state index in [2.05, 4.69) is 57.2 Å². The van der Waals surface area contributed by atoms with Gasteiger partial charge < -0.3 is 19.3 Å². The lowest BCUT2D eigenvalue weighted by Crippen LogP contribution is -2.57. The minimum Gasteiger partial charge on any atom is -0.461 e. The molecule has 1 amide bonds. The molecule has 2 aromatic carbocycles. The van der Waals surface area contributed by atoms with Crippen molar-refractivity contribution in [3.63, 3.8) is 0 Å². The fourth-order valence-electron chi connectivity index (χ4n) is 8.75. The molecular weight excluding hydrogens is 564 g/mol. The first kappa shape index (κ1) is 28.9.